The molecular formula is C8H11BrN2O. The lowest BCUT2D eigenvalue weighted by molar-refractivity contribution is 0.273. The summed E-state index contributed by atoms with van der Waals surface area (Å²) < 4.78 is 5.07. The van der Waals surface area contributed by atoms with Crippen molar-refractivity contribution in [2.75, 3.05) is 0 Å². The maximum absolute atomic E-state index is 5.07. The standard InChI is InChI=1S/C8H11BrN2O/c9-5-7-10-8(12-11-7)4-6-2-1-3-6/h6H,1-5H2. The normalized spacial score (nSPS) is 17.8. The van der Waals surface area contributed by atoms with Gasteiger partial charge in [0.2, 0.25) is 5.89 Å². The largest absolute Gasteiger partial charge is 0.339 e. The second-order valence-corrected chi connectivity index (χ2v) is 3.80. The van der Waals surface area contributed by atoms with E-state index < -0.39 is 0 Å². The van der Waals surface area contributed by atoms with Crippen molar-refractivity contribution in [3.05, 3.63) is 11.7 Å². The summed E-state index contributed by atoms with van der Waals surface area (Å²) in [6, 6.07) is 0. The minimum atomic E-state index is 0.682. The zero-order chi connectivity index (χ0) is 8.39. The fourth-order valence-electron chi connectivity index (χ4n) is 1.37. The van der Waals surface area contributed by atoms with Gasteiger partial charge in [-0.3, -0.25) is 0 Å². The fourth-order valence-corrected chi connectivity index (χ4v) is 1.60. The quantitative estimate of drug-likeness (QED) is 0.749. The van der Waals surface area contributed by atoms with Gasteiger partial charge in [-0.2, -0.15) is 4.98 Å². The van der Waals surface area contributed by atoms with Gasteiger partial charge >= 0.3 is 0 Å². The highest BCUT2D eigenvalue weighted by Crippen LogP contribution is 2.29. The molecule has 12 heavy (non-hydrogen) atoms. The Balaban J connectivity index is 1.93. The van der Waals surface area contributed by atoms with Crippen molar-refractivity contribution in [1.29, 1.82) is 0 Å². The number of aromatic nitrogens is 2. The predicted octanol–water partition coefficient (Wildman–Crippen LogP) is 2.31. The lowest BCUT2D eigenvalue weighted by atomic mass is 9.83. The molecule has 0 amide bonds. The van der Waals surface area contributed by atoms with Crippen LogP contribution in [0, 0.1) is 5.92 Å². The van der Waals surface area contributed by atoms with E-state index in [-0.39, 0.29) is 0 Å². The minimum Gasteiger partial charge on any atom is -0.339 e. The van der Waals surface area contributed by atoms with Crippen molar-refractivity contribution in [2.24, 2.45) is 5.92 Å². The van der Waals surface area contributed by atoms with Gasteiger partial charge in [-0.1, -0.05) is 27.5 Å². The van der Waals surface area contributed by atoms with Crippen molar-refractivity contribution in [3.63, 3.8) is 0 Å². The number of halogens is 1. The van der Waals surface area contributed by atoms with Crippen molar-refractivity contribution in [2.45, 2.75) is 31.0 Å². The van der Waals surface area contributed by atoms with E-state index in [4.69, 9.17) is 4.52 Å². The molecular weight excluding hydrogens is 220 g/mol. The van der Waals surface area contributed by atoms with Gasteiger partial charge in [-0.05, 0) is 18.8 Å². The van der Waals surface area contributed by atoms with Gasteiger partial charge in [0.15, 0.2) is 5.82 Å². The molecule has 1 aromatic rings. The first-order chi connectivity index (χ1) is 5.88. The van der Waals surface area contributed by atoms with E-state index in [1.54, 1.807) is 0 Å². The molecule has 0 spiro atoms. The Morgan fingerprint density at radius 1 is 1.50 bits per heavy atom. The molecule has 0 aliphatic heterocycles. The van der Waals surface area contributed by atoms with E-state index in [0.29, 0.717) is 5.33 Å². The van der Waals surface area contributed by atoms with Gasteiger partial charge in [0.1, 0.15) is 0 Å². The lowest BCUT2D eigenvalue weighted by Gasteiger charge is -2.23. The summed E-state index contributed by atoms with van der Waals surface area (Å²) in [5.74, 6) is 2.35. The van der Waals surface area contributed by atoms with E-state index >= 15 is 0 Å². The summed E-state index contributed by atoms with van der Waals surface area (Å²) in [7, 11) is 0. The Morgan fingerprint density at radius 3 is 2.83 bits per heavy atom. The lowest BCUT2D eigenvalue weighted by Crippen LogP contribution is -2.13. The topological polar surface area (TPSA) is 38.9 Å². The number of nitrogens with zero attached hydrogens (tertiary/aromatic N) is 2. The molecule has 0 saturated heterocycles. The van der Waals surface area contributed by atoms with Crippen LogP contribution < -0.4 is 0 Å². The first-order valence-corrected chi connectivity index (χ1v) is 5.38. The zero-order valence-electron chi connectivity index (χ0n) is 6.79. The summed E-state index contributed by atoms with van der Waals surface area (Å²) >= 11 is 3.28. The van der Waals surface area contributed by atoms with E-state index in [9.17, 15) is 0 Å². The average Bonchev–Trinajstić information content (AvgIpc) is 2.44. The van der Waals surface area contributed by atoms with Crippen molar-refractivity contribution < 1.29 is 4.52 Å². The van der Waals surface area contributed by atoms with Crippen LogP contribution in [0.1, 0.15) is 31.0 Å². The average molecular weight is 231 g/mol. The Morgan fingerprint density at radius 2 is 2.33 bits per heavy atom. The van der Waals surface area contributed by atoms with Gasteiger partial charge < -0.3 is 4.52 Å². The molecule has 0 bridgehead atoms. The molecule has 1 aromatic heterocycles. The summed E-state index contributed by atoms with van der Waals surface area (Å²) in [5.41, 5.74) is 0. The maximum atomic E-state index is 5.07. The zero-order valence-corrected chi connectivity index (χ0v) is 8.38. The van der Waals surface area contributed by atoms with Crippen LogP contribution in [0.15, 0.2) is 4.52 Å². The molecule has 0 radical (unpaired) electrons. The smallest absolute Gasteiger partial charge is 0.226 e. The Kier molecular flexibility index (Phi) is 2.44. The Hall–Kier alpha value is -0.380. The second kappa shape index (κ2) is 3.56. The summed E-state index contributed by atoms with van der Waals surface area (Å²) in [6.07, 6.45) is 4.99. The molecule has 1 aliphatic rings. The Labute approximate surface area is 79.7 Å². The predicted molar refractivity (Wildman–Crippen MR) is 48.0 cm³/mol. The number of alkyl halides is 1. The molecule has 0 atom stereocenters. The first-order valence-electron chi connectivity index (χ1n) is 4.26. The molecule has 0 aromatic carbocycles. The summed E-state index contributed by atoms with van der Waals surface area (Å²) in [4.78, 5) is 4.23. The molecule has 1 fully saturated rings. The molecule has 1 saturated carbocycles. The van der Waals surface area contributed by atoms with Crippen molar-refractivity contribution in [3.8, 4) is 0 Å². The molecule has 1 heterocycles. The van der Waals surface area contributed by atoms with Crippen LogP contribution in [0.25, 0.3) is 0 Å². The minimum absolute atomic E-state index is 0.682. The molecule has 0 N–H and O–H groups in total. The SMILES string of the molecule is BrCc1noc(CC2CCC2)n1. The molecule has 0 unspecified atom stereocenters. The van der Waals surface area contributed by atoms with E-state index in [0.717, 1.165) is 24.1 Å². The first kappa shape index (κ1) is 8.23. The van der Waals surface area contributed by atoms with Gasteiger partial charge in [0.05, 0.1) is 5.33 Å². The van der Waals surface area contributed by atoms with Crippen molar-refractivity contribution >= 4 is 15.9 Å². The fraction of sp³-hybridized carbons (Fsp3) is 0.750. The molecule has 2 rings (SSSR count). The van der Waals surface area contributed by atoms with Crippen LogP contribution in [0.5, 0.6) is 0 Å². The van der Waals surface area contributed by atoms with Crippen LogP contribution in [0.3, 0.4) is 0 Å². The number of hydrogen-bond donors (Lipinski definition) is 0. The monoisotopic (exact) mass is 230 g/mol. The third-order valence-electron chi connectivity index (χ3n) is 2.32. The van der Waals surface area contributed by atoms with Crippen LogP contribution >= 0.6 is 15.9 Å². The number of hydrogen-bond acceptors (Lipinski definition) is 3. The van der Waals surface area contributed by atoms with Crippen LogP contribution in [-0.4, -0.2) is 10.1 Å². The highest BCUT2D eigenvalue weighted by Gasteiger charge is 2.20. The van der Waals surface area contributed by atoms with Gasteiger partial charge in [-0.25, -0.2) is 0 Å². The summed E-state index contributed by atoms with van der Waals surface area (Å²) in [6.45, 7) is 0. The van der Waals surface area contributed by atoms with Crippen LogP contribution in [0.4, 0.5) is 0 Å². The highest BCUT2D eigenvalue weighted by molar-refractivity contribution is 9.08. The third-order valence-corrected chi connectivity index (χ3v) is 2.82. The third kappa shape index (κ3) is 1.68. The maximum Gasteiger partial charge on any atom is 0.226 e. The van der Waals surface area contributed by atoms with Gasteiger partial charge in [0, 0.05) is 6.42 Å². The number of rotatable bonds is 3. The van der Waals surface area contributed by atoms with Gasteiger partial charge in [0.25, 0.3) is 0 Å². The van der Waals surface area contributed by atoms with E-state index in [1.165, 1.54) is 19.3 Å². The molecule has 4 heteroatoms. The summed E-state index contributed by atoms with van der Waals surface area (Å²) in [5, 5.41) is 4.49. The van der Waals surface area contributed by atoms with Crippen LogP contribution in [-0.2, 0) is 11.8 Å². The van der Waals surface area contributed by atoms with Crippen molar-refractivity contribution in [1.82, 2.24) is 10.1 Å². The highest BCUT2D eigenvalue weighted by atomic mass is 79.9. The molecule has 3 nitrogen and oxygen atoms in total. The molecule has 1 aliphatic carbocycles. The molecule has 66 valence electrons. The van der Waals surface area contributed by atoms with E-state index in [2.05, 4.69) is 26.1 Å². The van der Waals surface area contributed by atoms with Crippen LogP contribution in [0.2, 0.25) is 0 Å². The Bertz CT molecular complexity index is 257. The van der Waals surface area contributed by atoms with Gasteiger partial charge in [-0.15, -0.1) is 0 Å². The van der Waals surface area contributed by atoms with E-state index in [1.807, 2.05) is 0 Å². The second-order valence-electron chi connectivity index (χ2n) is 3.24.